The maximum atomic E-state index is 11.6. The van der Waals surface area contributed by atoms with Crippen molar-refractivity contribution in [3.63, 3.8) is 0 Å². The van der Waals surface area contributed by atoms with Gasteiger partial charge in [-0.25, -0.2) is 4.79 Å². The number of para-hydroxylation sites is 2. The molecule has 8 nitrogen and oxygen atoms in total. The Bertz CT molecular complexity index is 1550. The number of halogens is 1. The summed E-state index contributed by atoms with van der Waals surface area (Å²) < 4.78 is 12.1. The lowest BCUT2D eigenvalue weighted by molar-refractivity contribution is 0.0508. The zero-order valence-corrected chi connectivity index (χ0v) is 21.2. The highest BCUT2D eigenvalue weighted by Gasteiger charge is 2.22. The van der Waals surface area contributed by atoms with Gasteiger partial charge >= 0.3 is 5.69 Å². The van der Waals surface area contributed by atoms with Crippen LogP contribution in [0.25, 0.3) is 32.8 Å². The summed E-state index contributed by atoms with van der Waals surface area (Å²) in [6.45, 7) is 3.27. The first-order chi connectivity index (χ1) is 17.6. The van der Waals surface area contributed by atoms with E-state index in [2.05, 4.69) is 32.0 Å². The zero-order valence-electron chi connectivity index (χ0n) is 20.4. The molecule has 37 heavy (non-hydrogen) atoms. The molecule has 2 aromatic heterocycles. The van der Waals surface area contributed by atoms with Crippen LogP contribution in [-0.4, -0.2) is 63.9 Å². The minimum atomic E-state index is -0.568. The monoisotopic (exact) mass is 522 g/mol. The highest BCUT2D eigenvalue weighted by atomic mass is 35.5. The zero-order chi connectivity index (χ0) is 24.5. The molecule has 1 atom stereocenters. The van der Waals surface area contributed by atoms with Crippen molar-refractivity contribution in [1.29, 1.82) is 0 Å². The molecular formula is C28H31ClN4O4. The summed E-state index contributed by atoms with van der Waals surface area (Å²) in [5.74, 6) is 1.93. The molecule has 1 unspecified atom stereocenters. The van der Waals surface area contributed by atoms with Crippen molar-refractivity contribution >= 4 is 45.2 Å². The van der Waals surface area contributed by atoms with Crippen LogP contribution in [0.15, 0.2) is 65.5 Å². The molecule has 0 bridgehead atoms. The third-order valence-electron chi connectivity index (χ3n) is 7.09. The Balaban J connectivity index is 0.00000280. The molecule has 1 aliphatic rings. The lowest BCUT2D eigenvalue weighted by atomic mass is 9.97. The number of fused-ring (bicyclic) bond motifs is 4. The number of aromatic nitrogens is 3. The Kier molecular flexibility index (Phi) is 7.41. The van der Waals surface area contributed by atoms with E-state index >= 15 is 0 Å². The molecule has 6 rings (SSSR count). The average Bonchev–Trinajstić information content (AvgIpc) is 3.47. The molecule has 0 amide bonds. The van der Waals surface area contributed by atoms with Crippen LogP contribution in [0.2, 0.25) is 0 Å². The van der Waals surface area contributed by atoms with E-state index in [-0.39, 0.29) is 24.7 Å². The first-order valence-electron chi connectivity index (χ1n) is 12.5. The van der Waals surface area contributed by atoms with Crippen molar-refractivity contribution in [2.75, 3.05) is 32.8 Å². The van der Waals surface area contributed by atoms with Gasteiger partial charge in [0.1, 0.15) is 29.7 Å². The van der Waals surface area contributed by atoms with Crippen LogP contribution in [0.1, 0.15) is 12.8 Å². The number of hydrogen-bond acceptors (Lipinski definition) is 5. The first kappa shape index (κ1) is 25.2. The lowest BCUT2D eigenvalue weighted by Gasteiger charge is -2.33. The summed E-state index contributed by atoms with van der Waals surface area (Å²) >= 11 is 0. The van der Waals surface area contributed by atoms with Gasteiger partial charge in [0.2, 0.25) is 0 Å². The molecule has 0 saturated carbocycles. The van der Waals surface area contributed by atoms with Gasteiger partial charge in [-0.3, -0.25) is 0 Å². The molecular weight excluding hydrogens is 492 g/mol. The molecule has 9 heteroatoms. The number of rotatable bonds is 8. The summed E-state index contributed by atoms with van der Waals surface area (Å²) in [5.41, 5.74) is 3.35. The van der Waals surface area contributed by atoms with Gasteiger partial charge in [-0.05, 0) is 62.2 Å². The van der Waals surface area contributed by atoms with Crippen molar-refractivity contribution in [2.45, 2.75) is 18.9 Å². The molecule has 0 radical (unpaired) electrons. The van der Waals surface area contributed by atoms with Crippen LogP contribution in [-0.2, 0) is 0 Å². The van der Waals surface area contributed by atoms with E-state index in [1.165, 1.54) is 0 Å². The van der Waals surface area contributed by atoms with Gasteiger partial charge in [-0.2, -0.15) is 0 Å². The van der Waals surface area contributed by atoms with E-state index < -0.39 is 6.10 Å². The van der Waals surface area contributed by atoms with E-state index in [4.69, 9.17) is 9.47 Å². The van der Waals surface area contributed by atoms with Crippen LogP contribution < -0.4 is 15.2 Å². The third kappa shape index (κ3) is 5.32. The maximum Gasteiger partial charge on any atom is 0.323 e. The number of piperidine rings is 1. The smallest absolute Gasteiger partial charge is 0.323 e. The normalized spacial score (nSPS) is 15.7. The molecule has 3 heterocycles. The van der Waals surface area contributed by atoms with Gasteiger partial charge in [-0.1, -0.05) is 30.3 Å². The quantitative estimate of drug-likeness (QED) is 0.241. The number of aromatic amines is 3. The Hall–Kier alpha value is -3.46. The van der Waals surface area contributed by atoms with Crippen molar-refractivity contribution < 1.29 is 14.6 Å². The van der Waals surface area contributed by atoms with Crippen LogP contribution in [0.3, 0.4) is 0 Å². The number of aliphatic hydroxyl groups excluding tert-OH is 1. The maximum absolute atomic E-state index is 11.6. The van der Waals surface area contributed by atoms with Crippen molar-refractivity contribution in [3.8, 4) is 11.5 Å². The summed E-state index contributed by atoms with van der Waals surface area (Å²) in [4.78, 5) is 22.9. The molecule has 5 aromatic rings. The molecule has 4 N–H and O–H groups in total. The highest BCUT2D eigenvalue weighted by molar-refractivity contribution is 6.10. The second-order valence-corrected chi connectivity index (χ2v) is 9.63. The predicted molar refractivity (Wildman–Crippen MR) is 148 cm³/mol. The fourth-order valence-corrected chi connectivity index (χ4v) is 5.22. The minimum Gasteiger partial charge on any atom is -0.491 e. The number of β-amino-alcohol motifs (C(OH)–C–C–N with tert-alkyl or cyclic N) is 1. The highest BCUT2D eigenvalue weighted by Crippen LogP contribution is 2.33. The largest absolute Gasteiger partial charge is 0.491 e. The molecule has 1 aliphatic heterocycles. The van der Waals surface area contributed by atoms with Gasteiger partial charge in [-0.15, -0.1) is 12.4 Å². The average molecular weight is 523 g/mol. The summed E-state index contributed by atoms with van der Waals surface area (Å²) in [5, 5.41) is 12.9. The molecule has 0 aliphatic carbocycles. The number of likely N-dealkylation sites (tertiary alicyclic amines) is 1. The lowest BCUT2D eigenvalue weighted by Crippen LogP contribution is -2.41. The minimum absolute atomic E-state index is 0. The molecule has 0 spiro atoms. The molecule has 1 saturated heterocycles. The SMILES string of the molecule is Cl.O=c1[nH]c2cccc(OCC3CCN(CC(O)COc4cccc5[nH]c6ccccc6c45)CC3)c2[nH]1. The first-order valence-corrected chi connectivity index (χ1v) is 12.5. The van der Waals surface area contributed by atoms with Crippen molar-refractivity contribution in [2.24, 2.45) is 5.92 Å². The molecule has 3 aromatic carbocycles. The standard InChI is InChI=1S/C28H30N4O4.ClH/c33-19(17-36-24-9-3-7-22-26(24)20-5-1-2-6-21(20)29-22)15-32-13-11-18(12-14-32)16-35-25-10-4-8-23-27(25)31-28(34)30-23;/h1-10,18-19,29,33H,11-17H2,(H2,30,31,34);1H. The Morgan fingerprint density at radius 1 is 0.865 bits per heavy atom. The number of nitrogens with one attached hydrogen (secondary N) is 3. The molecule has 194 valence electrons. The van der Waals surface area contributed by atoms with Crippen LogP contribution in [0.5, 0.6) is 11.5 Å². The van der Waals surface area contributed by atoms with E-state index in [1.54, 1.807) is 0 Å². The topological polar surface area (TPSA) is 106 Å². The number of aliphatic hydroxyl groups is 1. The van der Waals surface area contributed by atoms with Crippen molar-refractivity contribution in [1.82, 2.24) is 19.9 Å². The number of imidazole rings is 1. The Labute approximate surface area is 220 Å². The van der Waals surface area contributed by atoms with Crippen LogP contribution >= 0.6 is 12.4 Å². The number of ether oxygens (including phenoxy) is 2. The Morgan fingerprint density at radius 3 is 2.43 bits per heavy atom. The van der Waals surface area contributed by atoms with Gasteiger partial charge < -0.3 is 34.4 Å². The van der Waals surface area contributed by atoms with Crippen LogP contribution in [0, 0.1) is 5.92 Å². The second-order valence-electron chi connectivity index (χ2n) is 9.63. The second kappa shape index (κ2) is 10.9. The van der Waals surface area contributed by atoms with Crippen molar-refractivity contribution in [3.05, 3.63) is 71.1 Å². The predicted octanol–water partition coefficient (Wildman–Crippen LogP) is 4.44. The Morgan fingerprint density at radius 2 is 1.59 bits per heavy atom. The molecule has 1 fully saturated rings. The van der Waals surface area contributed by atoms with Gasteiger partial charge in [0, 0.05) is 22.8 Å². The van der Waals surface area contributed by atoms with Crippen LogP contribution in [0.4, 0.5) is 0 Å². The van der Waals surface area contributed by atoms with Gasteiger partial charge in [0.05, 0.1) is 17.6 Å². The number of nitrogens with zero attached hydrogens (tertiary/aromatic N) is 1. The number of hydrogen-bond donors (Lipinski definition) is 4. The third-order valence-corrected chi connectivity index (χ3v) is 7.09. The van der Waals surface area contributed by atoms with E-state index in [1.807, 2.05) is 48.5 Å². The fourth-order valence-electron chi connectivity index (χ4n) is 5.22. The summed E-state index contributed by atoms with van der Waals surface area (Å²) in [6, 6.07) is 19.8. The summed E-state index contributed by atoms with van der Waals surface area (Å²) in [6.07, 6.45) is 1.44. The summed E-state index contributed by atoms with van der Waals surface area (Å²) in [7, 11) is 0. The van der Waals surface area contributed by atoms with Gasteiger partial charge in [0.25, 0.3) is 0 Å². The number of H-pyrrole nitrogens is 3. The van der Waals surface area contributed by atoms with E-state index in [0.717, 1.165) is 59.0 Å². The van der Waals surface area contributed by atoms with E-state index in [0.29, 0.717) is 30.3 Å². The fraction of sp³-hybridized carbons (Fsp3) is 0.321. The van der Waals surface area contributed by atoms with Gasteiger partial charge in [0.15, 0.2) is 0 Å². The van der Waals surface area contributed by atoms with E-state index in [9.17, 15) is 9.90 Å². The number of benzene rings is 3.